The van der Waals surface area contributed by atoms with E-state index in [1.807, 2.05) is 12.4 Å². The minimum absolute atomic E-state index is 0.278. The molecule has 1 atom stereocenters. The van der Waals surface area contributed by atoms with E-state index in [2.05, 4.69) is 15.3 Å². The highest BCUT2D eigenvalue weighted by atomic mass is 17.2. The van der Waals surface area contributed by atoms with E-state index in [1.54, 1.807) is 0 Å². The molecule has 0 aromatic carbocycles. The minimum Gasteiger partial charge on any atom is -0.351 e. The van der Waals surface area contributed by atoms with Gasteiger partial charge in [-0.25, -0.2) is 9.97 Å². The lowest BCUT2D eigenvalue weighted by molar-refractivity contribution is -0.183. The van der Waals surface area contributed by atoms with Crippen LogP contribution in [-0.4, -0.2) is 30.1 Å². The molecular weight excluding hydrogens is 193 g/mol. The van der Waals surface area contributed by atoms with Crippen LogP contribution < -0.4 is 5.32 Å². The third-order valence-electron chi connectivity index (χ3n) is 2.68. The summed E-state index contributed by atoms with van der Waals surface area (Å²) in [6.45, 7) is 0.596. The zero-order valence-corrected chi connectivity index (χ0v) is 8.35. The van der Waals surface area contributed by atoms with Crippen LogP contribution in [0.4, 0.5) is 5.95 Å². The van der Waals surface area contributed by atoms with Crippen LogP contribution in [0.25, 0.3) is 0 Å². The number of nitrogens with one attached hydrogen (secondary N) is 1. The number of rotatable bonds is 3. The number of nitrogens with zero attached hydrogens (tertiary/aromatic N) is 2. The van der Waals surface area contributed by atoms with Crippen molar-refractivity contribution in [2.75, 3.05) is 11.9 Å². The van der Waals surface area contributed by atoms with Crippen molar-refractivity contribution in [2.24, 2.45) is 0 Å². The molecule has 0 spiro atoms. The van der Waals surface area contributed by atoms with Crippen LogP contribution in [0.15, 0.2) is 12.4 Å². The standard InChI is InChI=1S/C9H12BN3O2/c1-2-7(1)13-9-11-3-6(4-12-9)8-5-14-15-10-8/h3-4,7-8,10H,1-2,5H2,(H,11,12,13). The van der Waals surface area contributed by atoms with Crippen molar-refractivity contribution in [3.8, 4) is 0 Å². The molecule has 1 unspecified atom stereocenters. The second-order valence-corrected chi connectivity index (χ2v) is 4.02. The van der Waals surface area contributed by atoms with Crippen LogP contribution in [0.3, 0.4) is 0 Å². The first kappa shape index (κ1) is 9.12. The van der Waals surface area contributed by atoms with Gasteiger partial charge in [-0.1, -0.05) is 0 Å². The largest absolute Gasteiger partial charge is 0.351 e. The van der Waals surface area contributed by atoms with Crippen LogP contribution in [0.1, 0.15) is 24.2 Å². The Hall–Kier alpha value is -1.14. The van der Waals surface area contributed by atoms with Crippen molar-refractivity contribution < 1.29 is 9.69 Å². The summed E-state index contributed by atoms with van der Waals surface area (Å²) in [5.74, 6) is 1.00. The monoisotopic (exact) mass is 205 g/mol. The van der Waals surface area contributed by atoms with Crippen LogP contribution >= 0.6 is 0 Å². The van der Waals surface area contributed by atoms with Crippen LogP contribution in [0.2, 0.25) is 0 Å². The normalized spacial score (nSPS) is 24.9. The maximum absolute atomic E-state index is 4.85. The summed E-state index contributed by atoms with van der Waals surface area (Å²) in [6, 6.07) is 0.592. The molecule has 2 aliphatic rings. The molecule has 5 nitrogen and oxygen atoms in total. The van der Waals surface area contributed by atoms with Crippen LogP contribution in [0.5, 0.6) is 0 Å². The van der Waals surface area contributed by atoms with Crippen molar-refractivity contribution >= 4 is 13.4 Å². The van der Waals surface area contributed by atoms with Gasteiger partial charge in [0.2, 0.25) is 5.95 Å². The molecule has 0 amide bonds. The average molecular weight is 205 g/mol. The molecule has 1 saturated carbocycles. The Morgan fingerprint density at radius 1 is 1.33 bits per heavy atom. The summed E-state index contributed by atoms with van der Waals surface area (Å²) in [5, 5.41) is 3.25. The SMILES string of the molecule is B1OOCC1c1cnc(NC2CC2)nc1. The Bertz CT molecular complexity index is 336. The summed E-state index contributed by atoms with van der Waals surface area (Å²) < 4.78 is 0. The first-order valence-electron chi connectivity index (χ1n) is 5.25. The summed E-state index contributed by atoms with van der Waals surface area (Å²) in [5.41, 5.74) is 1.08. The Morgan fingerprint density at radius 3 is 2.73 bits per heavy atom. The van der Waals surface area contributed by atoms with Gasteiger partial charge in [-0.3, -0.25) is 4.89 Å². The number of hydrogen-bond acceptors (Lipinski definition) is 5. The molecular formula is C9H12BN3O2. The first-order valence-corrected chi connectivity index (χ1v) is 5.25. The van der Waals surface area contributed by atoms with E-state index in [1.165, 1.54) is 12.8 Å². The van der Waals surface area contributed by atoms with Crippen LogP contribution in [0, 0.1) is 0 Å². The molecule has 78 valence electrons. The summed E-state index contributed by atoms with van der Waals surface area (Å²) >= 11 is 0. The van der Waals surface area contributed by atoms with E-state index in [0.29, 0.717) is 20.1 Å². The smallest absolute Gasteiger partial charge is 0.333 e. The minimum atomic E-state index is 0.278. The Labute approximate surface area is 88.4 Å². The fraction of sp³-hybridized carbons (Fsp3) is 0.556. The van der Waals surface area contributed by atoms with Gasteiger partial charge in [0.25, 0.3) is 0 Å². The maximum Gasteiger partial charge on any atom is 0.333 e. The highest BCUT2D eigenvalue weighted by molar-refractivity contribution is 6.30. The molecule has 2 heterocycles. The fourth-order valence-electron chi connectivity index (χ4n) is 1.53. The zero-order valence-electron chi connectivity index (χ0n) is 8.35. The zero-order chi connectivity index (χ0) is 10.1. The van der Waals surface area contributed by atoms with Gasteiger partial charge < -0.3 is 10.1 Å². The van der Waals surface area contributed by atoms with Gasteiger partial charge in [-0.05, 0) is 18.4 Å². The Balaban J connectivity index is 1.68. The average Bonchev–Trinajstić information content (AvgIpc) is 2.92. The lowest BCUT2D eigenvalue weighted by Gasteiger charge is -2.06. The molecule has 6 heteroatoms. The van der Waals surface area contributed by atoms with Crippen molar-refractivity contribution in [1.29, 1.82) is 0 Å². The predicted octanol–water partition coefficient (Wildman–Crippen LogP) is 0.405. The van der Waals surface area contributed by atoms with Crippen LogP contribution in [-0.2, 0) is 9.69 Å². The van der Waals surface area contributed by atoms with Crippen molar-refractivity contribution in [3.63, 3.8) is 0 Å². The number of aromatic nitrogens is 2. The third kappa shape index (κ3) is 2.10. The van der Waals surface area contributed by atoms with Gasteiger partial charge in [0, 0.05) is 24.3 Å². The maximum atomic E-state index is 4.85. The van der Waals surface area contributed by atoms with Gasteiger partial charge in [0.1, 0.15) is 0 Å². The Morgan fingerprint density at radius 2 is 2.13 bits per heavy atom. The van der Waals surface area contributed by atoms with E-state index >= 15 is 0 Å². The van der Waals surface area contributed by atoms with Gasteiger partial charge in [0.15, 0.2) is 0 Å². The molecule has 1 aliphatic carbocycles. The van der Waals surface area contributed by atoms with E-state index in [9.17, 15) is 0 Å². The van der Waals surface area contributed by atoms with Gasteiger partial charge >= 0.3 is 7.48 Å². The molecule has 1 N–H and O–H groups in total. The predicted molar refractivity (Wildman–Crippen MR) is 55.6 cm³/mol. The molecule has 0 bridgehead atoms. The summed E-state index contributed by atoms with van der Waals surface area (Å²) in [6.07, 6.45) is 6.16. The third-order valence-corrected chi connectivity index (χ3v) is 2.68. The molecule has 1 aromatic heterocycles. The number of anilines is 1. The van der Waals surface area contributed by atoms with Crippen molar-refractivity contribution in [1.82, 2.24) is 9.97 Å². The van der Waals surface area contributed by atoms with Crippen molar-refractivity contribution in [2.45, 2.75) is 24.7 Å². The van der Waals surface area contributed by atoms with Gasteiger partial charge in [0.05, 0.1) is 6.61 Å². The number of hydrogen-bond donors (Lipinski definition) is 1. The second-order valence-electron chi connectivity index (χ2n) is 4.02. The molecule has 1 aromatic rings. The molecule has 15 heavy (non-hydrogen) atoms. The van der Waals surface area contributed by atoms with E-state index < -0.39 is 0 Å². The summed E-state index contributed by atoms with van der Waals surface area (Å²) in [4.78, 5) is 18.2. The van der Waals surface area contributed by atoms with Gasteiger partial charge in [-0.15, -0.1) is 0 Å². The highest BCUT2D eigenvalue weighted by Gasteiger charge is 2.24. The molecule has 0 radical (unpaired) electrons. The van der Waals surface area contributed by atoms with E-state index in [0.717, 1.165) is 11.5 Å². The topological polar surface area (TPSA) is 56.3 Å². The quantitative estimate of drug-likeness (QED) is 0.571. The molecule has 3 rings (SSSR count). The first-order chi connectivity index (χ1) is 7.42. The van der Waals surface area contributed by atoms with E-state index in [-0.39, 0.29) is 5.82 Å². The lowest BCUT2D eigenvalue weighted by Crippen LogP contribution is -2.09. The Kier molecular flexibility index (Phi) is 2.30. The molecule has 2 fully saturated rings. The second kappa shape index (κ2) is 3.79. The van der Waals surface area contributed by atoms with Gasteiger partial charge in [-0.2, -0.15) is 0 Å². The molecule has 1 aliphatic heterocycles. The summed E-state index contributed by atoms with van der Waals surface area (Å²) in [7, 11) is 0.596. The van der Waals surface area contributed by atoms with Crippen molar-refractivity contribution in [3.05, 3.63) is 18.0 Å². The molecule has 1 saturated heterocycles. The fourth-order valence-corrected chi connectivity index (χ4v) is 1.53. The van der Waals surface area contributed by atoms with E-state index in [4.69, 9.17) is 9.69 Å². The highest BCUT2D eigenvalue weighted by Crippen LogP contribution is 2.23. The lowest BCUT2D eigenvalue weighted by atomic mass is 9.78.